The molecule has 148 valence electrons. The molecule has 0 heterocycles. The Balaban J connectivity index is 2.52. The van der Waals surface area contributed by atoms with Crippen LogP contribution in [0, 0.1) is 11.7 Å². The molecule has 0 unspecified atom stereocenters. The Labute approximate surface area is 160 Å². The summed E-state index contributed by atoms with van der Waals surface area (Å²) in [6.45, 7) is 4.82. The number of anilines is 1. The second kappa shape index (κ2) is 10.5. The van der Waals surface area contributed by atoms with Gasteiger partial charge in [0.25, 0.3) is 5.91 Å². The first-order valence-corrected chi connectivity index (χ1v) is 9.12. The Morgan fingerprint density at radius 1 is 1.15 bits per heavy atom. The van der Waals surface area contributed by atoms with Crippen molar-refractivity contribution >= 4 is 41.3 Å². The van der Waals surface area contributed by atoms with Crippen LogP contribution in [0.4, 0.5) is 14.9 Å². The minimum atomic E-state index is -1.18. The van der Waals surface area contributed by atoms with Crippen LogP contribution in [0.3, 0.4) is 0 Å². The molecule has 0 saturated heterocycles. The fraction of sp³-hybridized carbons (Fsp3) is 0.412. The minimum absolute atomic E-state index is 0.0481. The third-order valence-corrected chi connectivity index (χ3v) is 4.40. The number of halogens is 1. The van der Waals surface area contributed by atoms with Crippen LogP contribution in [0.25, 0.3) is 0 Å². The second-order valence-corrected chi connectivity index (χ2v) is 7.29. The highest BCUT2D eigenvalue weighted by Crippen LogP contribution is 2.17. The first kappa shape index (κ1) is 22.4. The molecular formula is C17H22FN3O5S. The van der Waals surface area contributed by atoms with E-state index in [4.69, 9.17) is 10.5 Å². The van der Waals surface area contributed by atoms with E-state index in [-0.39, 0.29) is 17.6 Å². The van der Waals surface area contributed by atoms with Crippen LogP contribution in [-0.2, 0) is 19.1 Å². The molecule has 4 N–H and O–H groups in total. The van der Waals surface area contributed by atoms with Gasteiger partial charge in [0.2, 0.25) is 5.91 Å². The molecule has 0 radical (unpaired) electrons. The summed E-state index contributed by atoms with van der Waals surface area (Å²) >= 11 is 1.01. The maximum absolute atomic E-state index is 12.8. The largest absolute Gasteiger partial charge is 0.451 e. The molecule has 0 bridgehead atoms. The molecule has 8 nitrogen and oxygen atoms in total. The van der Waals surface area contributed by atoms with Gasteiger partial charge in [-0.1, -0.05) is 13.8 Å². The smallest absolute Gasteiger partial charge is 0.319 e. The first-order chi connectivity index (χ1) is 12.6. The lowest BCUT2D eigenvalue weighted by molar-refractivity contribution is -0.157. The molecule has 0 spiro atoms. The molecule has 1 aromatic rings. The van der Waals surface area contributed by atoms with E-state index in [9.17, 15) is 23.6 Å². The monoisotopic (exact) mass is 399 g/mol. The van der Waals surface area contributed by atoms with Gasteiger partial charge in [0, 0.05) is 5.69 Å². The molecule has 0 aliphatic carbocycles. The molecule has 0 aliphatic rings. The summed E-state index contributed by atoms with van der Waals surface area (Å²) in [5.41, 5.74) is 5.32. The molecule has 1 aromatic carbocycles. The number of carbonyl (C=O) groups excluding carboxylic acids is 4. The summed E-state index contributed by atoms with van der Waals surface area (Å²) in [6.07, 6.45) is -1.18. The highest BCUT2D eigenvalue weighted by Gasteiger charge is 2.29. The van der Waals surface area contributed by atoms with Gasteiger partial charge in [0.1, 0.15) is 11.1 Å². The lowest BCUT2D eigenvalue weighted by Gasteiger charge is -2.21. The average molecular weight is 399 g/mol. The predicted octanol–water partition coefficient (Wildman–Crippen LogP) is 1.65. The number of nitrogens with one attached hydrogen (secondary N) is 2. The van der Waals surface area contributed by atoms with Crippen molar-refractivity contribution < 1.29 is 28.3 Å². The maximum Gasteiger partial charge on any atom is 0.319 e. The van der Waals surface area contributed by atoms with Crippen molar-refractivity contribution in [1.82, 2.24) is 5.32 Å². The number of rotatable bonds is 8. The SMILES string of the molecule is CC(C)[C@@H](OC(=O)[C@H](C)SCC(=O)Nc1ccc(F)cc1)C(=O)NC(N)=O. The number of carbonyl (C=O) groups is 4. The second-order valence-electron chi connectivity index (χ2n) is 5.96. The Kier molecular flexibility index (Phi) is 8.73. The number of imide groups is 1. The summed E-state index contributed by atoms with van der Waals surface area (Å²) in [5, 5.41) is 3.71. The lowest BCUT2D eigenvalue weighted by Crippen LogP contribution is -2.46. The van der Waals surface area contributed by atoms with Crippen LogP contribution in [0.2, 0.25) is 0 Å². The van der Waals surface area contributed by atoms with Gasteiger partial charge in [0.05, 0.1) is 5.75 Å². The van der Waals surface area contributed by atoms with E-state index in [0.717, 1.165) is 11.8 Å². The number of primary amides is 1. The van der Waals surface area contributed by atoms with Crippen molar-refractivity contribution in [1.29, 1.82) is 0 Å². The fourth-order valence-corrected chi connectivity index (χ4v) is 2.57. The number of hydrogen-bond acceptors (Lipinski definition) is 6. The average Bonchev–Trinajstić information content (AvgIpc) is 2.58. The van der Waals surface area contributed by atoms with Crippen molar-refractivity contribution in [3.63, 3.8) is 0 Å². The number of benzene rings is 1. The normalized spacial score (nSPS) is 12.8. The van der Waals surface area contributed by atoms with E-state index < -0.39 is 35.1 Å². The van der Waals surface area contributed by atoms with Crippen molar-refractivity contribution in [3.8, 4) is 0 Å². The van der Waals surface area contributed by atoms with Crippen molar-refractivity contribution in [2.45, 2.75) is 32.1 Å². The zero-order valence-electron chi connectivity index (χ0n) is 15.2. The number of nitrogens with two attached hydrogens (primary N) is 1. The zero-order chi connectivity index (χ0) is 20.6. The highest BCUT2D eigenvalue weighted by molar-refractivity contribution is 8.01. The molecule has 27 heavy (non-hydrogen) atoms. The topological polar surface area (TPSA) is 128 Å². The Hall–Kier alpha value is -2.62. The molecule has 1 rings (SSSR count). The number of ether oxygens (including phenoxy) is 1. The standard InChI is InChI=1S/C17H22FN3O5S/c1-9(2)14(15(23)21-17(19)25)26-16(24)10(3)27-8-13(22)20-12-6-4-11(18)5-7-12/h4-7,9-10,14H,8H2,1-3H3,(H,20,22)(H3,19,21,23,25)/t10-,14+/m0/s1. The molecule has 0 aromatic heterocycles. The fourth-order valence-electron chi connectivity index (χ4n) is 1.90. The molecule has 10 heteroatoms. The van der Waals surface area contributed by atoms with Gasteiger partial charge in [0.15, 0.2) is 6.10 Å². The van der Waals surface area contributed by atoms with Gasteiger partial charge >= 0.3 is 12.0 Å². The van der Waals surface area contributed by atoms with E-state index in [1.165, 1.54) is 31.2 Å². The third-order valence-electron chi connectivity index (χ3n) is 3.28. The molecule has 0 fully saturated rings. The van der Waals surface area contributed by atoms with E-state index in [0.29, 0.717) is 5.69 Å². The van der Waals surface area contributed by atoms with E-state index in [1.54, 1.807) is 13.8 Å². The predicted molar refractivity (Wildman–Crippen MR) is 99.4 cm³/mol. The van der Waals surface area contributed by atoms with E-state index in [1.807, 2.05) is 5.32 Å². The van der Waals surface area contributed by atoms with Crippen LogP contribution in [-0.4, -0.2) is 40.9 Å². The maximum atomic E-state index is 12.8. The summed E-state index contributed by atoms with van der Waals surface area (Å²) < 4.78 is 18.0. The number of amides is 4. The van der Waals surface area contributed by atoms with Gasteiger partial charge in [-0.15, -0.1) is 11.8 Å². The molecule has 2 atom stereocenters. The Morgan fingerprint density at radius 3 is 2.26 bits per heavy atom. The number of hydrogen-bond donors (Lipinski definition) is 3. The summed E-state index contributed by atoms with van der Waals surface area (Å²) in [4.78, 5) is 46.7. The van der Waals surface area contributed by atoms with Gasteiger partial charge in [-0.25, -0.2) is 9.18 Å². The van der Waals surface area contributed by atoms with Crippen LogP contribution in [0.1, 0.15) is 20.8 Å². The van der Waals surface area contributed by atoms with Gasteiger partial charge in [-0.05, 0) is 37.1 Å². The number of thioether (sulfide) groups is 1. The van der Waals surface area contributed by atoms with Gasteiger partial charge < -0.3 is 15.8 Å². The number of esters is 1. The van der Waals surface area contributed by atoms with Crippen molar-refractivity contribution in [2.75, 3.05) is 11.1 Å². The minimum Gasteiger partial charge on any atom is -0.451 e. The molecular weight excluding hydrogens is 377 g/mol. The highest BCUT2D eigenvalue weighted by atomic mass is 32.2. The van der Waals surface area contributed by atoms with E-state index in [2.05, 4.69) is 5.32 Å². The molecule has 0 saturated carbocycles. The van der Waals surface area contributed by atoms with Crippen LogP contribution in [0.15, 0.2) is 24.3 Å². The van der Waals surface area contributed by atoms with Gasteiger partial charge in [-0.2, -0.15) is 0 Å². The Morgan fingerprint density at radius 2 is 1.74 bits per heavy atom. The number of urea groups is 1. The molecule has 4 amide bonds. The van der Waals surface area contributed by atoms with Crippen LogP contribution < -0.4 is 16.4 Å². The summed E-state index contributed by atoms with van der Waals surface area (Å²) in [5.74, 6) is -2.73. The van der Waals surface area contributed by atoms with Crippen LogP contribution in [0.5, 0.6) is 0 Å². The molecule has 0 aliphatic heterocycles. The third kappa shape index (κ3) is 8.07. The van der Waals surface area contributed by atoms with Crippen LogP contribution >= 0.6 is 11.8 Å². The quantitative estimate of drug-likeness (QED) is 0.570. The summed E-state index contributed by atoms with van der Waals surface area (Å²) in [6, 6.07) is 4.22. The zero-order valence-corrected chi connectivity index (χ0v) is 16.0. The summed E-state index contributed by atoms with van der Waals surface area (Å²) in [7, 11) is 0. The lowest BCUT2D eigenvalue weighted by atomic mass is 10.1. The van der Waals surface area contributed by atoms with Crippen molar-refractivity contribution in [2.24, 2.45) is 11.7 Å². The first-order valence-electron chi connectivity index (χ1n) is 8.08. The van der Waals surface area contributed by atoms with E-state index >= 15 is 0 Å². The van der Waals surface area contributed by atoms with Crippen molar-refractivity contribution in [3.05, 3.63) is 30.1 Å². The van der Waals surface area contributed by atoms with Gasteiger partial charge in [-0.3, -0.25) is 19.7 Å². The Bertz CT molecular complexity index is 696.